The van der Waals surface area contributed by atoms with Crippen LogP contribution in [-0.4, -0.2) is 75.4 Å². The van der Waals surface area contributed by atoms with Crippen molar-refractivity contribution in [2.45, 2.75) is 16.0 Å². The van der Waals surface area contributed by atoms with Gasteiger partial charge in [0.1, 0.15) is 17.1 Å². The van der Waals surface area contributed by atoms with E-state index in [0.717, 1.165) is 34.1 Å². The fourth-order valence-corrected chi connectivity index (χ4v) is 5.94. The molecule has 4 rings (SSSR count). The minimum atomic E-state index is -1.37. The zero-order valence-corrected chi connectivity index (χ0v) is 19.5. The first-order chi connectivity index (χ1) is 16.3. The maximum Gasteiger partial charge on any atom is 0.353 e. The van der Waals surface area contributed by atoms with Gasteiger partial charge in [-0.05, 0) is 10.4 Å². The highest BCUT2D eigenvalue weighted by Crippen LogP contribution is 2.48. The summed E-state index contributed by atoms with van der Waals surface area (Å²) in [5.74, 6) is -2.65. The molecule has 2 aliphatic heterocycles. The molecule has 2 aliphatic rings. The van der Waals surface area contributed by atoms with Gasteiger partial charge in [0.15, 0.2) is 11.0 Å². The van der Waals surface area contributed by atoms with E-state index in [1.165, 1.54) is 17.1 Å². The molecule has 0 saturated carbocycles. The van der Waals surface area contributed by atoms with Crippen LogP contribution in [0.15, 0.2) is 17.2 Å². The van der Waals surface area contributed by atoms with Crippen LogP contribution in [0.2, 0.25) is 0 Å². The van der Waals surface area contributed by atoms with E-state index >= 15 is 0 Å². The molecule has 0 aliphatic carbocycles. The number of carboxylic acids is 1. The summed E-state index contributed by atoms with van der Waals surface area (Å²) in [4.78, 5) is 53.6. The van der Waals surface area contributed by atoms with Crippen LogP contribution >= 0.6 is 35.7 Å². The fraction of sp³-hybridized carbons (Fsp3) is 0.235. The number of carboxylic acid groups (broad SMARTS) is 1. The highest BCUT2D eigenvalue weighted by Gasteiger charge is 2.56. The lowest BCUT2D eigenvalue weighted by Gasteiger charge is -2.50. The molecule has 17 heteroatoms. The van der Waals surface area contributed by atoms with Crippen molar-refractivity contribution in [2.75, 3.05) is 5.32 Å². The molecule has 3 N–H and O–H groups in total. The van der Waals surface area contributed by atoms with E-state index in [-0.39, 0.29) is 33.5 Å². The minimum absolute atomic E-state index is 0.118. The van der Waals surface area contributed by atoms with Gasteiger partial charge in [-0.2, -0.15) is 17.9 Å². The Bertz CT molecular complexity index is 1310. The van der Waals surface area contributed by atoms with E-state index in [4.69, 9.17) is 5.26 Å². The highest BCUT2D eigenvalue weighted by molar-refractivity contribution is 8.11. The molecule has 3 atom stereocenters. The van der Waals surface area contributed by atoms with E-state index in [0.29, 0.717) is 6.41 Å². The van der Waals surface area contributed by atoms with Crippen LogP contribution in [0.4, 0.5) is 5.13 Å². The molecule has 0 bridgehead atoms. The van der Waals surface area contributed by atoms with Crippen molar-refractivity contribution >= 4 is 76.2 Å². The van der Waals surface area contributed by atoms with Crippen LogP contribution in [0, 0.1) is 11.3 Å². The number of nitrogens with one attached hydrogen (secondary N) is 2. The highest BCUT2D eigenvalue weighted by atomic mass is 32.2. The molecule has 1 fully saturated rings. The van der Waals surface area contributed by atoms with Crippen molar-refractivity contribution in [1.82, 2.24) is 35.4 Å². The molecule has 2 aromatic heterocycles. The summed E-state index contributed by atoms with van der Waals surface area (Å²) in [6.45, 7) is 0. The molecule has 4 heterocycles. The second-order valence-corrected chi connectivity index (χ2v) is 9.67. The van der Waals surface area contributed by atoms with E-state index < -0.39 is 33.8 Å². The Balaban J connectivity index is 1.60. The van der Waals surface area contributed by atoms with Gasteiger partial charge in [-0.1, -0.05) is 0 Å². The molecule has 0 aromatic carbocycles. The lowest BCUT2D eigenvalue weighted by Crippen LogP contribution is -2.71. The normalized spacial score (nSPS) is 21.9. The summed E-state index contributed by atoms with van der Waals surface area (Å²) < 4.78 is 0.557. The topological polar surface area (TPSA) is 196 Å². The third kappa shape index (κ3) is 3.91. The Morgan fingerprint density at radius 2 is 2.18 bits per heavy atom. The van der Waals surface area contributed by atoms with Crippen LogP contribution in [0.5, 0.6) is 0 Å². The first kappa shape index (κ1) is 23.4. The Morgan fingerprint density at radius 1 is 1.41 bits per heavy atom. The molecule has 14 nitrogen and oxygen atoms in total. The molecule has 2 unspecified atom stereocenters. The second-order valence-electron chi connectivity index (χ2n) is 6.72. The first-order valence-electron chi connectivity index (χ1n) is 9.22. The van der Waals surface area contributed by atoms with Crippen LogP contribution in [0.1, 0.15) is 11.5 Å². The molecule has 0 radical (unpaired) electrons. The first-order valence-corrected chi connectivity index (χ1v) is 11.6. The molecular formula is C17H13N9O5S3. The number of aromatic nitrogens is 5. The summed E-state index contributed by atoms with van der Waals surface area (Å²) in [7, 11) is 1.53. The summed E-state index contributed by atoms with van der Waals surface area (Å²) >= 11 is 6.66. The van der Waals surface area contributed by atoms with Crippen molar-refractivity contribution in [3.63, 3.8) is 0 Å². The maximum absolute atomic E-state index is 12.9. The smallest absolute Gasteiger partial charge is 0.353 e. The summed E-state index contributed by atoms with van der Waals surface area (Å²) in [5.41, 5.74) is -0.157. The summed E-state index contributed by atoms with van der Waals surface area (Å²) in [6, 6.07) is 0.679. The molecule has 1 saturated heterocycles. The Labute approximate surface area is 204 Å². The Kier molecular flexibility index (Phi) is 6.37. The summed E-state index contributed by atoms with van der Waals surface area (Å²) in [6.07, 6.45) is 1.39. The lowest BCUT2D eigenvalue weighted by molar-refractivity contribution is -0.150. The zero-order valence-electron chi connectivity index (χ0n) is 16.9. The number of allylic oxidation sites excluding steroid dienone is 1. The number of thiazole rings is 1. The number of thiol groups is 1. The maximum atomic E-state index is 12.9. The number of aliphatic carboxylic acids is 1. The number of β-lactam (4-membered cyclic amide) rings is 1. The monoisotopic (exact) mass is 519 g/mol. The van der Waals surface area contributed by atoms with Gasteiger partial charge in [-0.15, -0.1) is 28.2 Å². The number of tetrazole rings is 1. The molecule has 3 amide bonds. The standard InChI is InChI=1S/C17H13N9O5S3/c1-25-11(22-23-24-25)8-10(15(30)31)26-13(29)9(14(26)34-16(8)32)21-12(28)6(2-3-18)7-4-33-17(20-7)19-5-27/h2,4-5,9,14,16,32H,1H3,(H,21,28)(H,30,31)(H,19,20,27)/t9?,14-,16?/m1/s1. The van der Waals surface area contributed by atoms with Gasteiger partial charge in [0.05, 0.1) is 27.5 Å². The molecule has 34 heavy (non-hydrogen) atoms. The van der Waals surface area contributed by atoms with E-state index in [1.54, 1.807) is 6.07 Å². The van der Waals surface area contributed by atoms with E-state index in [2.05, 4.69) is 43.8 Å². The number of nitrogens with zero attached hydrogens (tertiary/aromatic N) is 7. The predicted octanol–water partition coefficient (Wildman–Crippen LogP) is -0.706. The lowest BCUT2D eigenvalue weighted by atomic mass is 10.0. The van der Waals surface area contributed by atoms with Crippen molar-refractivity contribution in [2.24, 2.45) is 7.05 Å². The van der Waals surface area contributed by atoms with Gasteiger partial charge < -0.3 is 15.7 Å². The largest absolute Gasteiger partial charge is 0.477 e. The number of amides is 3. The van der Waals surface area contributed by atoms with Crippen LogP contribution in [0.3, 0.4) is 0 Å². The Morgan fingerprint density at radius 3 is 2.79 bits per heavy atom. The van der Waals surface area contributed by atoms with Gasteiger partial charge in [-0.3, -0.25) is 19.3 Å². The number of hydrogen-bond donors (Lipinski definition) is 4. The molecule has 174 valence electrons. The van der Waals surface area contributed by atoms with Crippen LogP contribution < -0.4 is 10.6 Å². The number of rotatable bonds is 7. The minimum Gasteiger partial charge on any atom is -0.477 e. The van der Waals surface area contributed by atoms with Gasteiger partial charge >= 0.3 is 5.97 Å². The number of aryl methyl sites for hydroxylation is 1. The number of hydrogen-bond acceptors (Lipinski definition) is 12. The van der Waals surface area contributed by atoms with Gasteiger partial charge in [0, 0.05) is 18.5 Å². The van der Waals surface area contributed by atoms with Crippen LogP contribution in [-0.2, 0) is 26.2 Å². The van der Waals surface area contributed by atoms with Crippen molar-refractivity contribution in [3.05, 3.63) is 28.7 Å². The zero-order chi connectivity index (χ0) is 24.6. The van der Waals surface area contributed by atoms with Crippen molar-refractivity contribution in [1.29, 1.82) is 5.26 Å². The van der Waals surface area contributed by atoms with E-state index in [1.807, 2.05) is 0 Å². The quantitative estimate of drug-likeness (QED) is 0.119. The SMILES string of the molecule is Cn1nnnc1C1=C(C(=O)O)N2C(=O)C(NC(=O)C(=CC#N)c3csc(NC=O)n3)[C@H]2SC1S. The van der Waals surface area contributed by atoms with Crippen molar-refractivity contribution in [3.8, 4) is 6.07 Å². The average molecular weight is 520 g/mol. The van der Waals surface area contributed by atoms with Crippen molar-refractivity contribution < 1.29 is 24.3 Å². The average Bonchev–Trinajstić information content (AvgIpc) is 3.44. The number of nitriles is 1. The molecule has 2 aromatic rings. The number of anilines is 1. The predicted molar refractivity (Wildman–Crippen MR) is 122 cm³/mol. The van der Waals surface area contributed by atoms with Gasteiger partial charge in [0.25, 0.3) is 11.8 Å². The molecular weight excluding hydrogens is 506 g/mol. The molecule has 0 spiro atoms. The fourth-order valence-electron chi connectivity index (χ4n) is 3.37. The number of carbonyl (C=O) groups is 4. The van der Waals surface area contributed by atoms with Gasteiger partial charge in [-0.25, -0.2) is 14.5 Å². The van der Waals surface area contributed by atoms with Crippen LogP contribution in [0.25, 0.3) is 11.1 Å². The third-order valence-corrected chi connectivity index (χ3v) is 7.47. The Hall–Kier alpha value is -3.75. The third-order valence-electron chi connectivity index (χ3n) is 4.82. The number of thioether (sulfide) groups is 1. The second kappa shape index (κ2) is 9.24. The number of fused-ring (bicyclic) bond motifs is 1. The van der Waals surface area contributed by atoms with E-state index in [9.17, 15) is 24.3 Å². The van der Waals surface area contributed by atoms with Gasteiger partial charge in [0.2, 0.25) is 6.41 Å². The summed E-state index contributed by atoms with van der Waals surface area (Å²) in [5, 5.41) is 35.8. The number of carbonyl (C=O) groups excluding carboxylic acids is 3.